The zero-order chi connectivity index (χ0) is 16.8. The first-order chi connectivity index (χ1) is 10.3. The van der Waals surface area contributed by atoms with Gasteiger partial charge in [0.2, 0.25) is 10.0 Å². The van der Waals surface area contributed by atoms with Gasteiger partial charge >= 0.3 is 0 Å². The van der Waals surface area contributed by atoms with Gasteiger partial charge in [0.05, 0.1) is 17.0 Å². The molecule has 0 aliphatic rings. The van der Waals surface area contributed by atoms with Gasteiger partial charge < -0.3 is 5.11 Å². The van der Waals surface area contributed by atoms with Gasteiger partial charge in [0.1, 0.15) is 5.82 Å². The SMILES string of the molecule is CCCCC(O)[C@@H](NS(=O)(=O)c1ccc(F)cc1)[C@@H](C)CC. The molecule has 0 aliphatic carbocycles. The Balaban J connectivity index is 2.94. The standard InChI is InChI=1S/C16H26FNO3S/c1-4-6-7-15(19)16(12(3)5-2)18-22(20,21)14-10-8-13(17)9-11-14/h8-12,15-16,18-19H,4-7H2,1-3H3/t12-,15?,16-/m0/s1. The fourth-order valence-electron chi connectivity index (χ4n) is 2.28. The maximum Gasteiger partial charge on any atom is 0.240 e. The number of nitrogens with one attached hydrogen (secondary N) is 1. The second kappa shape index (κ2) is 8.60. The van der Waals surface area contributed by atoms with Crippen molar-refractivity contribution in [2.75, 3.05) is 0 Å². The van der Waals surface area contributed by atoms with Gasteiger partial charge in [-0.1, -0.05) is 40.0 Å². The average Bonchev–Trinajstić information content (AvgIpc) is 2.50. The summed E-state index contributed by atoms with van der Waals surface area (Å²) in [6.45, 7) is 5.89. The summed E-state index contributed by atoms with van der Waals surface area (Å²) in [5, 5.41) is 10.3. The van der Waals surface area contributed by atoms with Crippen LogP contribution in [-0.4, -0.2) is 25.7 Å². The monoisotopic (exact) mass is 331 g/mol. The van der Waals surface area contributed by atoms with Gasteiger partial charge in [-0.15, -0.1) is 0 Å². The van der Waals surface area contributed by atoms with Crippen LogP contribution in [0.3, 0.4) is 0 Å². The number of aliphatic hydroxyl groups is 1. The van der Waals surface area contributed by atoms with Crippen molar-refractivity contribution < 1.29 is 17.9 Å². The molecular formula is C16H26FNO3S. The molecule has 1 aromatic carbocycles. The first kappa shape index (κ1) is 19.1. The summed E-state index contributed by atoms with van der Waals surface area (Å²) in [6.07, 6.45) is 2.35. The summed E-state index contributed by atoms with van der Waals surface area (Å²) < 4.78 is 40.3. The molecule has 22 heavy (non-hydrogen) atoms. The highest BCUT2D eigenvalue weighted by molar-refractivity contribution is 7.89. The Kier molecular flexibility index (Phi) is 7.45. The third kappa shape index (κ3) is 5.34. The van der Waals surface area contributed by atoms with Crippen LogP contribution in [0.5, 0.6) is 0 Å². The lowest BCUT2D eigenvalue weighted by Gasteiger charge is -2.28. The second-order valence-corrected chi connectivity index (χ2v) is 7.41. The number of sulfonamides is 1. The molecule has 0 spiro atoms. The van der Waals surface area contributed by atoms with Crippen molar-refractivity contribution in [2.24, 2.45) is 5.92 Å². The molecule has 6 heteroatoms. The molecule has 4 nitrogen and oxygen atoms in total. The van der Waals surface area contributed by atoms with E-state index in [2.05, 4.69) is 4.72 Å². The van der Waals surface area contributed by atoms with Crippen molar-refractivity contribution in [3.63, 3.8) is 0 Å². The molecule has 0 aliphatic heterocycles. The fourth-order valence-corrected chi connectivity index (χ4v) is 3.66. The van der Waals surface area contributed by atoms with Gasteiger partial charge in [-0.3, -0.25) is 0 Å². The van der Waals surface area contributed by atoms with Crippen LogP contribution in [0.1, 0.15) is 46.5 Å². The molecule has 1 rings (SSSR count). The van der Waals surface area contributed by atoms with Crippen molar-refractivity contribution in [1.29, 1.82) is 0 Å². The maximum atomic E-state index is 12.9. The summed E-state index contributed by atoms with van der Waals surface area (Å²) in [7, 11) is -3.78. The summed E-state index contributed by atoms with van der Waals surface area (Å²) in [6, 6.07) is 4.13. The lowest BCUT2D eigenvalue weighted by molar-refractivity contribution is 0.101. The van der Waals surface area contributed by atoms with Crippen molar-refractivity contribution >= 4 is 10.0 Å². The Bertz CT molecular complexity index is 545. The van der Waals surface area contributed by atoms with E-state index in [1.807, 2.05) is 20.8 Å². The predicted molar refractivity (Wildman–Crippen MR) is 85.5 cm³/mol. The third-order valence-electron chi connectivity index (χ3n) is 3.94. The van der Waals surface area contributed by atoms with Crippen LogP contribution in [0, 0.1) is 11.7 Å². The number of unbranched alkanes of at least 4 members (excludes halogenated alkanes) is 1. The second-order valence-electron chi connectivity index (χ2n) is 5.70. The van der Waals surface area contributed by atoms with Crippen LogP contribution in [0.2, 0.25) is 0 Å². The van der Waals surface area contributed by atoms with Gasteiger partial charge in [-0.2, -0.15) is 0 Å². The number of halogens is 1. The van der Waals surface area contributed by atoms with E-state index in [-0.39, 0.29) is 10.8 Å². The largest absolute Gasteiger partial charge is 0.391 e. The van der Waals surface area contributed by atoms with Crippen molar-refractivity contribution in [1.82, 2.24) is 4.72 Å². The Hall–Kier alpha value is -0.980. The normalized spacial score (nSPS) is 16.2. The lowest BCUT2D eigenvalue weighted by Crippen LogP contribution is -2.47. The highest BCUT2D eigenvalue weighted by atomic mass is 32.2. The first-order valence-electron chi connectivity index (χ1n) is 7.77. The van der Waals surface area contributed by atoms with Gasteiger partial charge in [-0.05, 0) is 36.6 Å². The minimum Gasteiger partial charge on any atom is -0.391 e. The van der Waals surface area contributed by atoms with E-state index in [4.69, 9.17) is 0 Å². The van der Waals surface area contributed by atoms with E-state index in [0.717, 1.165) is 31.4 Å². The van der Waals surface area contributed by atoms with Gasteiger partial charge in [0.15, 0.2) is 0 Å². The van der Waals surface area contributed by atoms with Crippen molar-refractivity contribution in [3.05, 3.63) is 30.1 Å². The Morgan fingerprint density at radius 2 is 1.82 bits per heavy atom. The Morgan fingerprint density at radius 1 is 1.23 bits per heavy atom. The van der Waals surface area contributed by atoms with Gasteiger partial charge in [-0.25, -0.2) is 17.5 Å². The molecule has 0 fully saturated rings. The number of hydrogen-bond donors (Lipinski definition) is 2. The molecule has 0 heterocycles. The Labute approximate surface area is 132 Å². The highest BCUT2D eigenvalue weighted by Gasteiger charge is 2.29. The molecule has 1 unspecified atom stereocenters. The predicted octanol–water partition coefficient (Wildman–Crippen LogP) is 3.07. The average molecular weight is 331 g/mol. The van der Waals surface area contributed by atoms with Crippen LogP contribution in [-0.2, 0) is 10.0 Å². The first-order valence-corrected chi connectivity index (χ1v) is 9.26. The maximum absolute atomic E-state index is 12.9. The van der Waals surface area contributed by atoms with E-state index in [0.29, 0.717) is 6.42 Å². The topological polar surface area (TPSA) is 66.4 Å². The summed E-state index contributed by atoms with van der Waals surface area (Å²) in [5.74, 6) is -0.484. The lowest BCUT2D eigenvalue weighted by atomic mass is 9.92. The molecule has 0 saturated heterocycles. The molecule has 0 amide bonds. The molecule has 126 valence electrons. The van der Waals surface area contributed by atoms with E-state index < -0.39 is 28.0 Å². The summed E-state index contributed by atoms with van der Waals surface area (Å²) >= 11 is 0. The molecule has 0 bridgehead atoms. The van der Waals surface area contributed by atoms with E-state index in [1.54, 1.807) is 0 Å². The van der Waals surface area contributed by atoms with Crippen LogP contribution < -0.4 is 4.72 Å². The van der Waals surface area contributed by atoms with Crippen LogP contribution in [0.4, 0.5) is 4.39 Å². The number of rotatable bonds is 9. The molecule has 1 aromatic rings. The minimum absolute atomic E-state index is 0.00193. The number of hydrogen-bond acceptors (Lipinski definition) is 3. The van der Waals surface area contributed by atoms with Crippen LogP contribution in [0.15, 0.2) is 29.2 Å². The quantitative estimate of drug-likeness (QED) is 0.731. The smallest absolute Gasteiger partial charge is 0.240 e. The molecule has 3 atom stereocenters. The van der Waals surface area contributed by atoms with E-state index >= 15 is 0 Å². The molecular weight excluding hydrogens is 305 g/mol. The molecule has 0 radical (unpaired) electrons. The third-order valence-corrected chi connectivity index (χ3v) is 5.42. The minimum atomic E-state index is -3.78. The molecule has 0 aromatic heterocycles. The zero-order valence-electron chi connectivity index (χ0n) is 13.4. The Morgan fingerprint density at radius 3 is 2.32 bits per heavy atom. The molecule has 2 N–H and O–H groups in total. The van der Waals surface area contributed by atoms with E-state index in [9.17, 15) is 17.9 Å². The highest BCUT2D eigenvalue weighted by Crippen LogP contribution is 2.19. The van der Waals surface area contributed by atoms with Crippen molar-refractivity contribution in [2.45, 2.75) is 63.5 Å². The zero-order valence-corrected chi connectivity index (χ0v) is 14.2. The van der Waals surface area contributed by atoms with Crippen LogP contribution >= 0.6 is 0 Å². The van der Waals surface area contributed by atoms with E-state index in [1.165, 1.54) is 12.1 Å². The van der Waals surface area contributed by atoms with Gasteiger partial charge in [0.25, 0.3) is 0 Å². The van der Waals surface area contributed by atoms with Gasteiger partial charge in [0, 0.05) is 0 Å². The summed E-state index contributed by atoms with van der Waals surface area (Å²) in [4.78, 5) is 0.00453. The van der Waals surface area contributed by atoms with Crippen LogP contribution in [0.25, 0.3) is 0 Å². The molecule has 0 saturated carbocycles. The van der Waals surface area contributed by atoms with Crippen molar-refractivity contribution in [3.8, 4) is 0 Å². The summed E-state index contributed by atoms with van der Waals surface area (Å²) in [5.41, 5.74) is 0. The fraction of sp³-hybridized carbons (Fsp3) is 0.625. The number of benzene rings is 1. The number of aliphatic hydroxyl groups excluding tert-OH is 1.